The fraction of sp³-hybridized carbons (Fsp3) is 0.375. The molecule has 2 nitrogen and oxygen atoms in total. The van der Waals surface area contributed by atoms with Gasteiger partial charge in [-0.25, -0.2) is 0 Å². The van der Waals surface area contributed by atoms with E-state index in [1.807, 2.05) is 29.9 Å². The van der Waals surface area contributed by atoms with Crippen molar-refractivity contribution in [1.82, 2.24) is 4.57 Å². The van der Waals surface area contributed by atoms with Gasteiger partial charge >= 0.3 is 0 Å². The van der Waals surface area contributed by atoms with Crippen molar-refractivity contribution in [3.63, 3.8) is 0 Å². The smallest absolute Gasteiger partial charge is 0.120 e. The molecule has 54 valence electrons. The molecule has 0 amide bonds. The molecule has 2 heteroatoms. The molecule has 0 aromatic carbocycles. The van der Waals surface area contributed by atoms with Gasteiger partial charge in [0.1, 0.15) is 6.29 Å². The van der Waals surface area contributed by atoms with Crippen molar-refractivity contribution in [2.45, 2.75) is 12.8 Å². The molecular formula is C8H11NO. The summed E-state index contributed by atoms with van der Waals surface area (Å²) in [5.41, 5.74) is 1.21. The Balaban J connectivity index is 2.56. The summed E-state index contributed by atoms with van der Waals surface area (Å²) in [6, 6.07) is 4.02. The fourth-order valence-corrected chi connectivity index (χ4v) is 0.963. The van der Waals surface area contributed by atoms with Crippen molar-refractivity contribution in [3.8, 4) is 0 Å². The molecule has 0 atom stereocenters. The molecule has 0 aliphatic heterocycles. The molecule has 1 aromatic rings. The molecule has 1 rings (SSSR count). The summed E-state index contributed by atoms with van der Waals surface area (Å²) in [4.78, 5) is 10.0. The van der Waals surface area contributed by atoms with Crippen LogP contribution in [0.3, 0.4) is 0 Å². The Morgan fingerprint density at radius 3 is 3.00 bits per heavy atom. The van der Waals surface area contributed by atoms with Gasteiger partial charge in [0.2, 0.25) is 0 Å². The molecule has 0 bridgehead atoms. The number of hydrogen-bond donors (Lipinski definition) is 0. The molecule has 0 fully saturated rings. The lowest BCUT2D eigenvalue weighted by Crippen LogP contribution is -1.94. The van der Waals surface area contributed by atoms with Gasteiger partial charge in [0, 0.05) is 25.4 Å². The lowest BCUT2D eigenvalue weighted by molar-refractivity contribution is -0.107. The highest BCUT2D eigenvalue weighted by Gasteiger charge is 1.93. The second-order valence-electron chi connectivity index (χ2n) is 2.32. The molecule has 0 N–H and O–H groups in total. The molecule has 0 unspecified atom stereocenters. The highest BCUT2D eigenvalue weighted by atomic mass is 16.1. The maximum absolute atomic E-state index is 10.0. The second-order valence-corrected chi connectivity index (χ2v) is 2.32. The van der Waals surface area contributed by atoms with Crippen LogP contribution >= 0.6 is 0 Å². The van der Waals surface area contributed by atoms with Crippen molar-refractivity contribution in [3.05, 3.63) is 24.0 Å². The minimum absolute atomic E-state index is 0.623. The normalized spacial score (nSPS) is 9.70. The zero-order chi connectivity index (χ0) is 7.40. The van der Waals surface area contributed by atoms with Crippen LogP contribution in [0.1, 0.15) is 12.1 Å². The van der Waals surface area contributed by atoms with Crippen LogP contribution in [-0.2, 0) is 18.3 Å². The maximum atomic E-state index is 10.0. The predicted molar refractivity (Wildman–Crippen MR) is 39.8 cm³/mol. The molecule has 10 heavy (non-hydrogen) atoms. The van der Waals surface area contributed by atoms with Gasteiger partial charge in [-0.05, 0) is 18.6 Å². The lowest BCUT2D eigenvalue weighted by atomic mass is 10.2. The van der Waals surface area contributed by atoms with Gasteiger partial charge < -0.3 is 9.36 Å². The first kappa shape index (κ1) is 7.06. The third-order valence-electron chi connectivity index (χ3n) is 1.57. The van der Waals surface area contributed by atoms with Crippen molar-refractivity contribution < 1.29 is 4.79 Å². The van der Waals surface area contributed by atoms with Crippen LogP contribution in [0.2, 0.25) is 0 Å². The number of nitrogens with zero attached hydrogens (tertiary/aromatic N) is 1. The van der Waals surface area contributed by atoms with Crippen LogP contribution < -0.4 is 0 Å². The highest BCUT2D eigenvalue weighted by Crippen LogP contribution is 2.01. The average molecular weight is 137 g/mol. The summed E-state index contributed by atoms with van der Waals surface area (Å²) in [5.74, 6) is 0. The number of hydrogen-bond acceptors (Lipinski definition) is 1. The Morgan fingerprint density at radius 1 is 1.70 bits per heavy atom. The van der Waals surface area contributed by atoms with Gasteiger partial charge in [-0.3, -0.25) is 0 Å². The SMILES string of the molecule is Cn1cccc1CCC=O. The minimum Gasteiger partial charge on any atom is -0.354 e. The van der Waals surface area contributed by atoms with E-state index in [0.717, 1.165) is 12.7 Å². The Labute approximate surface area is 60.5 Å². The van der Waals surface area contributed by atoms with E-state index in [2.05, 4.69) is 0 Å². The third-order valence-corrected chi connectivity index (χ3v) is 1.57. The molecule has 0 saturated heterocycles. The number of aldehydes is 1. The van der Waals surface area contributed by atoms with Crippen LogP contribution in [0.5, 0.6) is 0 Å². The first-order valence-corrected chi connectivity index (χ1v) is 3.38. The molecule has 0 spiro atoms. The molecule has 0 saturated carbocycles. The van der Waals surface area contributed by atoms with Crippen molar-refractivity contribution in [2.75, 3.05) is 0 Å². The molecular weight excluding hydrogens is 126 g/mol. The fourth-order valence-electron chi connectivity index (χ4n) is 0.963. The van der Waals surface area contributed by atoms with E-state index >= 15 is 0 Å². The lowest BCUT2D eigenvalue weighted by Gasteiger charge is -1.97. The summed E-state index contributed by atoms with van der Waals surface area (Å²) < 4.78 is 2.03. The topological polar surface area (TPSA) is 22.0 Å². The number of carbonyl (C=O) groups excluding carboxylic acids is 1. The summed E-state index contributed by atoms with van der Waals surface area (Å²) in [6.45, 7) is 0. The van der Waals surface area contributed by atoms with Crippen LogP contribution in [0.25, 0.3) is 0 Å². The van der Waals surface area contributed by atoms with Gasteiger partial charge in [-0.1, -0.05) is 0 Å². The Hall–Kier alpha value is -1.05. The number of carbonyl (C=O) groups is 1. The molecule has 1 heterocycles. The molecule has 0 aliphatic rings. The largest absolute Gasteiger partial charge is 0.354 e. The van der Waals surface area contributed by atoms with Crippen molar-refractivity contribution in [1.29, 1.82) is 0 Å². The van der Waals surface area contributed by atoms with Gasteiger partial charge in [-0.2, -0.15) is 0 Å². The average Bonchev–Trinajstić information content (AvgIpc) is 2.31. The maximum Gasteiger partial charge on any atom is 0.120 e. The van der Waals surface area contributed by atoms with E-state index in [-0.39, 0.29) is 0 Å². The van der Waals surface area contributed by atoms with Gasteiger partial charge in [0.15, 0.2) is 0 Å². The van der Waals surface area contributed by atoms with Crippen molar-refractivity contribution in [2.24, 2.45) is 7.05 Å². The molecule has 0 radical (unpaired) electrons. The second kappa shape index (κ2) is 3.20. The standard InChI is InChI=1S/C8H11NO/c1-9-6-2-4-8(9)5-3-7-10/h2,4,6-7H,3,5H2,1H3. The van der Waals surface area contributed by atoms with Crippen LogP contribution in [0, 0.1) is 0 Å². The van der Waals surface area contributed by atoms with E-state index < -0.39 is 0 Å². The first-order chi connectivity index (χ1) is 4.84. The third kappa shape index (κ3) is 1.47. The van der Waals surface area contributed by atoms with Gasteiger partial charge in [0.05, 0.1) is 0 Å². The van der Waals surface area contributed by atoms with Crippen LogP contribution in [0.15, 0.2) is 18.3 Å². The van der Waals surface area contributed by atoms with E-state index in [9.17, 15) is 4.79 Å². The van der Waals surface area contributed by atoms with Crippen LogP contribution in [0.4, 0.5) is 0 Å². The summed E-state index contributed by atoms with van der Waals surface area (Å²) in [5, 5.41) is 0. The number of aromatic nitrogens is 1. The Kier molecular flexibility index (Phi) is 2.26. The van der Waals surface area contributed by atoms with Crippen molar-refractivity contribution >= 4 is 6.29 Å². The predicted octanol–water partition coefficient (Wildman–Crippen LogP) is 1.16. The summed E-state index contributed by atoms with van der Waals surface area (Å²) in [7, 11) is 1.99. The zero-order valence-electron chi connectivity index (χ0n) is 6.08. The summed E-state index contributed by atoms with van der Waals surface area (Å²) >= 11 is 0. The number of rotatable bonds is 3. The first-order valence-electron chi connectivity index (χ1n) is 3.38. The summed E-state index contributed by atoms with van der Waals surface area (Å²) in [6.07, 6.45) is 4.41. The Bertz CT molecular complexity index is 215. The highest BCUT2D eigenvalue weighted by molar-refractivity contribution is 5.49. The monoisotopic (exact) mass is 137 g/mol. The van der Waals surface area contributed by atoms with E-state index in [4.69, 9.17) is 0 Å². The Morgan fingerprint density at radius 2 is 2.50 bits per heavy atom. The molecule has 0 aliphatic carbocycles. The van der Waals surface area contributed by atoms with Crippen LogP contribution in [-0.4, -0.2) is 10.9 Å². The van der Waals surface area contributed by atoms with E-state index in [1.165, 1.54) is 5.69 Å². The van der Waals surface area contributed by atoms with Gasteiger partial charge in [0.25, 0.3) is 0 Å². The van der Waals surface area contributed by atoms with E-state index in [1.54, 1.807) is 0 Å². The van der Waals surface area contributed by atoms with Gasteiger partial charge in [-0.15, -0.1) is 0 Å². The minimum atomic E-state index is 0.623. The molecule has 1 aromatic heterocycles. The number of aryl methyl sites for hydroxylation is 2. The zero-order valence-corrected chi connectivity index (χ0v) is 6.08. The quantitative estimate of drug-likeness (QED) is 0.573. The van der Waals surface area contributed by atoms with E-state index in [0.29, 0.717) is 6.42 Å².